The molecule has 0 atom stereocenters. The smallest absolute Gasteiger partial charge is 0.119 e. The quantitative estimate of drug-likeness (QED) is 0.340. The fourth-order valence-corrected chi connectivity index (χ4v) is 5.49. The molecule has 1 fully saturated rings. The van der Waals surface area contributed by atoms with Gasteiger partial charge in [0.1, 0.15) is 11.6 Å². The summed E-state index contributed by atoms with van der Waals surface area (Å²) in [7, 11) is 0. The van der Waals surface area contributed by atoms with E-state index in [1.54, 1.807) is 11.8 Å². The Bertz CT molecular complexity index is 977. The Labute approximate surface area is 189 Å². The molecule has 160 valence electrons. The first-order valence-electron chi connectivity index (χ1n) is 11.2. The molecule has 30 heavy (non-hydrogen) atoms. The molecule has 0 amide bonds. The standard InChI is InChI=1S/C25H31ClN2OS/c1-3-29-20-12-10-18(11-13-20)14-25-27-22-16-24(30-4-2)21(26)15-23(22)28(25)17-19-8-6-5-7-9-19/h10-13,15-16,19H,3-9,14,17H2,1-2H3. The van der Waals surface area contributed by atoms with Crippen molar-refractivity contribution >= 4 is 34.4 Å². The lowest BCUT2D eigenvalue weighted by Gasteiger charge is -2.23. The molecule has 0 bridgehead atoms. The van der Waals surface area contributed by atoms with Crippen LogP contribution in [-0.4, -0.2) is 21.9 Å². The highest BCUT2D eigenvalue weighted by Crippen LogP contribution is 2.34. The van der Waals surface area contributed by atoms with Crippen LogP contribution in [-0.2, 0) is 13.0 Å². The van der Waals surface area contributed by atoms with E-state index in [0.717, 1.165) is 51.6 Å². The van der Waals surface area contributed by atoms with E-state index in [-0.39, 0.29) is 0 Å². The number of imidazole rings is 1. The van der Waals surface area contributed by atoms with Crippen LogP contribution in [0.25, 0.3) is 11.0 Å². The van der Waals surface area contributed by atoms with Gasteiger partial charge in [-0.3, -0.25) is 0 Å². The van der Waals surface area contributed by atoms with Crippen molar-refractivity contribution in [2.75, 3.05) is 12.4 Å². The number of hydrogen-bond acceptors (Lipinski definition) is 3. The topological polar surface area (TPSA) is 27.1 Å². The summed E-state index contributed by atoms with van der Waals surface area (Å²) in [6.45, 7) is 5.90. The third-order valence-electron chi connectivity index (χ3n) is 5.94. The molecule has 2 aromatic carbocycles. The van der Waals surface area contributed by atoms with Crippen molar-refractivity contribution < 1.29 is 4.74 Å². The summed E-state index contributed by atoms with van der Waals surface area (Å²) in [6, 6.07) is 12.7. The van der Waals surface area contributed by atoms with Crippen LogP contribution in [0, 0.1) is 5.92 Å². The van der Waals surface area contributed by atoms with Gasteiger partial charge in [0, 0.05) is 17.9 Å². The third-order valence-corrected chi connectivity index (χ3v) is 7.31. The zero-order chi connectivity index (χ0) is 20.9. The number of benzene rings is 2. The lowest BCUT2D eigenvalue weighted by molar-refractivity contribution is 0.319. The van der Waals surface area contributed by atoms with Crippen LogP contribution in [0.4, 0.5) is 0 Å². The molecular formula is C25H31ClN2OS. The second kappa shape index (κ2) is 10.1. The van der Waals surface area contributed by atoms with Gasteiger partial charge in [0.25, 0.3) is 0 Å². The van der Waals surface area contributed by atoms with Gasteiger partial charge in [0.15, 0.2) is 0 Å². The van der Waals surface area contributed by atoms with Crippen LogP contribution in [0.15, 0.2) is 41.3 Å². The molecule has 0 aliphatic heterocycles. The number of ether oxygens (including phenoxy) is 1. The molecule has 1 aliphatic rings. The van der Waals surface area contributed by atoms with Crippen LogP contribution < -0.4 is 4.74 Å². The summed E-state index contributed by atoms with van der Waals surface area (Å²) in [5.41, 5.74) is 3.49. The number of hydrogen-bond donors (Lipinski definition) is 0. The lowest BCUT2D eigenvalue weighted by Crippen LogP contribution is -2.16. The minimum atomic E-state index is 0.690. The first-order valence-corrected chi connectivity index (χ1v) is 12.6. The zero-order valence-corrected chi connectivity index (χ0v) is 19.6. The summed E-state index contributed by atoms with van der Waals surface area (Å²) in [5.74, 6) is 3.80. The van der Waals surface area contributed by atoms with E-state index in [1.165, 1.54) is 43.2 Å². The van der Waals surface area contributed by atoms with Crippen molar-refractivity contribution in [1.82, 2.24) is 9.55 Å². The highest BCUT2D eigenvalue weighted by Gasteiger charge is 2.19. The molecule has 3 nitrogen and oxygen atoms in total. The van der Waals surface area contributed by atoms with Gasteiger partial charge in [0.2, 0.25) is 0 Å². The van der Waals surface area contributed by atoms with Crippen LogP contribution in [0.3, 0.4) is 0 Å². The van der Waals surface area contributed by atoms with E-state index >= 15 is 0 Å². The van der Waals surface area contributed by atoms with Gasteiger partial charge in [-0.05, 0) is 61.3 Å². The Hall–Kier alpha value is -1.65. The van der Waals surface area contributed by atoms with Crippen molar-refractivity contribution in [3.63, 3.8) is 0 Å². The van der Waals surface area contributed by atoms with Gasteiger partial charge < -0.3 is 9.30 Å². The minimum absolute atomic E-state index is 0.690. The number of nitrogens with zero attached hydrogens (tertiary/aromatic N) is 2. The third kappa shape index (κ3) is 4.97. The molecule has 0 radical (unpaired) electrons. The molecule has 0 unspecified atom stereocenters. The number of halogens is 1. The maximum atomic E-state index is 6.64. The van der Waals surface area contributed by atoms with E-state index in [4.69, 9.17) is 21.3 Å². The average Bonchev–Trinajstić information content (AvgIpc) is 3.07. The van der Waals surface area contributed by atoms with Gasteiger partial charge in [-0.2, -0.15) is 0 Å². The van der Waals surface area contributed by atoms with E-state index in [2.05, 4.69) is 47.9 Å². The number of thioether (sulfide) groups is 1. The Kier molecular flexibility index (Phi) is 7.27. The predicted octanol–water partition coefficient (Wildman–Crippen LogP) is 7.37. The summed E-state index contributed by atoms with van der Waals surface area (Å²) in [5, 5.41) is 0.840. The van der Waals surface area contributed by atoms with Crippen molar-refractivity contribution in [1.29, 1.82) is 0 Å². The first-order chi connectivity index (χ1) is 14.7. The molecule has 1 saturated carbocycles. The molecular weight excluding hydrogens is 412 g/mol. The molecule has 3 aromatic rings. The number of fused-ring (bicyclic) bond motifs is 1. The predicted molar refractivity (Wildman–Crippen MR) is 128 cm³/mol. The molecule has 0 N–H and O–H groups in total. The molecule has 5 heteroatoms. The van der Waals surface area contributed by atoms with Crippen LogP contribution in [0.2, 0.25) is 5.02 Å². The van der Waals surface area contributed by atoms with Gasteiger partial charge in [-0.15, -0.1) is 11.8 Å². The largest absolute Gasteiger partial charge is 0.494 e. The fourth-order valence-electron chi connectivity index (χ4n) is 4.46. The van der Waals surface area contributed by atoms with E-state index in [0.29, 0.717) is 6.61 Å². The van der Waals surface area contributed by atoms with Gasteiger partial charge in [0.05, 0.1) is 22.7 Å². The molecule has 1 aromatic heterocycles. The maximum absolute atomic E-state index is 6.64. The average molecular weight is 443 g/mol. The van der Waals surface area contributed by atoms with Gasteiger partial charge in [-0.1, -0.05) is 49.9 Å². The Morgan fingerprint density at radius 1 is 1.10 bits per heavy atom. The second-order valence-corrected chi connectivity index (χ2v) is 9.81. The van der Waals surface area contributed by atoms with Crippen LogP contribution >= 0.6 is 23.4 Å². The minimum Gasteiger partial charge on any atom is -0.494 e. The van der Waals surface area contributed by atoms with E-state index in [9.17, 15) is 0 Å². The summed E-state index contributed by atoms with van der Waals surface area (Å²) >= 11 is 8.42. The zero-order valence-electron chi connectivity index (χ0n) is 18.0. The van der Waals surface area contributed by atoms with Gasteiger partial charge in [-0.25, -0.2) is 4.98 Å². The van der Waals surface area contributed by atoms with E-state index < -0.39 is 0 Å². The molecule has 1 heterocycles. The first kappa shape index (κ1) is 21.6. The number of aromatic nitrogens is 2. The highest BCUT2D eigenvalue weighted by atomic mass is 35.5. The Morgan fingerprint density at radius 3 is 2.57 bits per heavy atom. The second-order valence-electron chi connectivity index (χ2n) is 8.10. The summed E-state index contributed by atoms with van der Waals surface area (Å²) in [4.78, 5) is 6.20. The van der Waals surface area contributed by atoms with Crippen LogP contribution in [0.1, 0.15) is 57.3 Å². The highest BCUT2D eigenvalue weighted by molar-refractivity contribution is 7.99. The van der Waals surface area contributed by atoms with Crippen molar-refractivity contribution in [3.05, 3.63) is 52.8 Å². The molecule has 0 saturated heterocycles. The van der Waals surface area contributed by atoms with Crippen molar-refractivity contribution in [2.45, 2.75) is 63.8 Å². The summed E-state index contributed by atoms with van der Waals surface area (Å²) in [6.07, 6.45) is 7.54. The number of rotatable bonds is 8. The Balaban J connectivity index is 1.69. The molecule has 0 spiro atoms. The fraction of sp³-hybridized carbons (Fsp3) is 0.480. The van der Waals surface area contributed by atoms with Gasteiger partial charge >= 0.3 is 0 Å². The lowest BCUT2D eigenvalue weighted by atomic mass is 9.89. The normalized spacial score (nSPS) is 15.0. The van der Waals surface area contributed by atoms with Crippen molar-refractivity contribution in [2.24, 2.45) is 5.92 Å². The monoisotopic (exact) mass is 442 g/mol. The van der Waals surface area contributed by atoms with E-state index in [1.807, 2.05) is 6.92 Å². The molecule has 4 rings (SSSR count). The maximum Gasteiger partial charge on any atom is 0.119 e. The molecule has 1 aliphatic carbocycles. The van der Waals surface area contributed by atoms with Crippen molar-refractivity contribution in [3.8, 4) is 5.75 Å². The summed E-state index contributed by atoms with van der Waals surface area (Å²) < 4.78 is 8.03. The SMILES string of the molecule is CCOc1ccc(Cc2nc3cc(SCC)c(Cl)cc3n2CC2CCCCC2)cc1. The Morgan fingerprint density at radius 2 is 1.87 bits per heavy atom. The van der Waals surface area contributed by atoms with Crippen LogP contribution in [0.5, 0.6) is 5.75 Å².